The number of hydrazine groups is 1. The molecule has 2 heterocycles. The van der Waals surface area contributed by atoms with Crippen LogP contribution in [0.25, 0.3) is 16.7 Å². The Labute approximate surface area is 185 Å². The molecule has 0 atom stereocenters. The largest absolute Gasteiger partial charge is 0.318 e. The van der Waals surface area contributed by atoms with Gasteiger partial charge in [-0.15, -0.1) is 0 Å². The number of amides is 2. The molecule has 8 nitrogen and oxygen atoms in total. The van der Waals surface area contributed by atoms with Gasteiger partial charge in [-0.2, -0.15) is 5.10 Å². The SMILES string of the molecule is CCc1nc2ccccc2n1CC(=O)NNC(=O)c1cc(C2CC2)nn1-c1ccccc1. The van der Waals surface area contributed by atoms with Crippen molar-refractivity contribution < 1.29 is 9.59 Å². The molecule has 8 heteroatoms. The zero-order chi connectivity index (χ0) is 22.1. The summed E-state index contributed by atoms with van der Waals surface area (Å²) in [7, 11) is 0. The molecule has 1 saturated carbocycles. The van der Waals surface area contributed by atoms with E-state index in [1.165, 1.54) is 0 Å². The molecule has 5 rings (SSSR count). The molecular formula is C24H24N6O2. The van der Waals surface area contributed by atoms with Gasteiger partial charge in [-0.05, 0) is 43.2 Å². The van der Waals surface area contributed by atoms with Crippen molar-refractivity contribution in [3.8, 4) is 5.69 Å². The van der Waals surface area contributed by atoms with E-state index in [1.54, 1.807) is 4.68 Å². The number of hydrogen-bond donors (Lipinski definition) is 2. The lowest BCUT2D eigenvalue weighted by Crippen LogP contribution is -2.43. The topological polar surface area (TPSA) is 93.8 Å². The van der Waals surface area contributed by atoms with Crippen LogP contribution in [-0.2, 0) is 17.8 Å². The number of benzene rings is 2. The molecule has 1 aliphatic rings. The molecule has 0 spiro atoms. The van der Waals surface area contributed by atoms with Gasteiger partial charge in [0, 0.05) is 12.3 Å². The van der Waals surface area contributed by atoms with E-state index in [-0.39, 0.29) is 12.5 Å². The number of rotatable bonds is 6. The van der Waals surface area contributed by atoms with Crippen molar-refractivity contribution in [2.24, 2.45) is 0 Å². The Morgan fingerprint density at radius 2 is 1.78 bits per heavy atom. The first-order valence-electron chi connectivity index (χ1n) is 10.8. The Bertz CT molecular complexity index is 1290. The van der Waals surface area contributed by atoms with E-state index in [4.69, 9.17) is 0 Å². The maximum absolute atomic E-state index is 12.9. The van der Waals surface area contributed by atoms with Crippen molar-refractivity contribution in [2.75, 3.05) is 0 Å². The summed E-state index contributed by atoms with van der Waals surface area (Å²) in [4.78, 5) is 30.2. The van der Waals surface area contributed by atoms with E-state index in [1.807, 2.05) is 72.2 Å². The first kappa shape index (κ1) is 20.0. The second-order valence-electron chi connectivity index (χ2n) is 7.93. The van der Waals surface area contributed by atoms with Crippen LogP contribution in [0.3, 0.4) is 0 Å². The molecule has 0 aliphatic heterocycles. The minimum atomic E-state index is -0.409. The van der Waals surface area contributed by atoms with E-state index < -0.39 is 5.91 Å². The van der Waals surface area contributed by atoms with Crippen LogP contribution in [0.1, 0.15) is 47.7 Å². The maximum Gasteiger partial charge on any atom is 0.288 e. The van der Waals surface area contributed by atoms with Gasteiger partial charge in [-0.1, -0.05) is 37.3 Å². The van der Waals surface area contributed by atoms with Crippen molar-refractivity contribution in [3.63, 3.8) is 0 Å². The fraction of sp³-hybridized carbons (Fsp3) is 0.250. The molecule has 32 heavy (non-hydrogen) atoms. The normalized spacial score (nSPS) is 13.3. The number of aromatic nitrogens is 4. The molecule has 162 valence electrons. The van der Waals surface area contributed by atoms with E-state index in [0.29, 0.717) is 18.0 Å². The molecule has 0 radical (unpaired) electrons. The van der Waals surface area contributed by atoms with Crippen molar-refractivity contribution >= 4 is 22.8 Å². The van der Waals surface area contributed by atoms with Crippen molar-refractivity contribution in [1.82, 2.24) is 30.2 Å². The van der Waals surface area contributed by atoms with Crippen molar-refractivity contribution in [3.05, 3.63) is 77.9 Å². The highest BCUT2D eigenvalue weighted by Crippen LogP contribution is 2.39. The summed E-state index contributed by atoms with van der Waals surface area (Å²) in [6.07, 6.45) is 2.87. The van der Waals surface area contributed by atoms with Crippen molar-refractivity contribution in [2.45, 2.75) is 38.6 Å². The zero-order valence-corrected chi connectivity index (χ0v) is 17.8. The van der Waals surface area contributed by atoms with Crippen molar-refractivity contribution in [1.29, 1.82) is 0 Å². The summed E-state index contributed by atoms with van der Waals surface area (Å²) in [6, 6.07) is 19.0. The summed E-state index contributed by atoms with van der Waals surface area (Å²) >= 11 is 0. The Morgan fingerprint density at radius 1 is 1.03 bits per heavy atom. The number of nitrogens with one attached hydrogen (secondary N) is 2. The summed E-state index contributed by atoms with van der Waals surface area (Å²) < 4.78 is 3.50. The second-order valence-corrected chi connectivity index (χ2v) is 7.93. The first-order chi connectivity index (χ1) is 15.6. The Kier molecular flexibility index (Phi) is 5.18. The van der Waals surface area contributed by atoms with Gasteiger partial charge >= 0.3 is 0 Å². The zero-order valence-electron chi connectivity index (χ0n) is 17.8. The number of hydrogen-bond acceptors (Lipinski definition) is 4. The minimum absolute atomic E-state index is 0.0647. The van der Waals surface area contributed by atoms with Crippen LogP contribution in [0.4, 0.5) is 0 Å². The van der Waals surface area contributed by atoms with Gasteiger partial charge in [0.25, 0.3) is 11.8 Å². The number of fused-ring (bicyclic) bond motifs is 1. The van der Waals surface area contributed by atoms with Crippen LogP contribution in [-0.4, -0.2) is 31.1 Å². The second kappa shape index (κ2) is 8.30. The molecule has 4 aromatic rings. The summed E-state index contributed by atoms with van der Waals surface area (Å²) in [6.45, 7) is 2.06. The average molecular weight is 428 g/mol. The third-order valence-corrected chi connectivity index (χ3v) is 5.62. The predicted octanol–water partition coefficient (Wildman–Crippen LogP) is 3.12. The van der Waals surface area contributed by atoms with Gasteiger partial charge < -0.3 is 4.57 Å². The minimum Gasteiger partial charge on any atom is -0.318 e. The maximum atomic E-state index is 12.9. The highest BCUT2D eigenvalue weighted by molar-refractivity contribution is 5.94. The van der Waals surface area contributed by atoms with E-state index >= 15 is 0 Å². The Hall–Kier alpha value is -3.94. The molecule has 2 amide bonds. The third-order valence-electron chi connectivity index (χ3n) is 5.62. The quantitative estimate of drug-likeness (QED) is 0.462. The van der Waals surface area contributed by atoms with Gasteiger partial charge in [0.1, 0.15) is 18.1 Å². The number of carbonyl (C=O) groups excluding carboxylic acids is 2. The standard InChI is InChI=1S/C24H24N6O2/c1-2-22-25-18-10-6-7-11-20(18)29(22)15-23(31)26-27-24(32)21-14-19(16-12-13-16)28-30(21)17-8-4-3-5-9-17/h3-11,14,16H,2,12-13,15H2,1H3,(H,26,31)(H,27,32). The Morgan fingerprint density at radius 3 is 2.53 bits per heavy atom. The smallest absolute Gasteiger partial charge is 0.288 e. The number of para-hydroxylation sites is 3. The summed E-state index contributed by atoms with van der Waals surface area (Å²) in [5.41, 5.74) is 8.92. The van der Waals surface area contributed by atoms with Crippen LogP contribution in [0, 0.1) is 0 Å². The molecule has 1 fully saturated rings. The molecule has 2 aromatic carbocycles. The monoisotopic (exact) mass is 428 g/mol. The first-order valence-corrected chi connectivity index (χ1v) is 10.8. The Balaban J connectivity index is 1.32. The third kappa shape index (κ3) is 3.87. The highest BCUT2D eigenvalue weighted by atomic mass is 16.2. The van der Waals surface area contributed by atoms with Gasteiger partial charge in [0.05, 0.1) is 22.4 Å². The lowest BCUT2D eigenvalue weighted by atomic mass is 10.2. The molecule has 2 aromatic heterocycles. The fourth-order valence-corrected chi connectivity index (χ4v) is 3.85. The number of imidazole rings is 1. The molecule has 0 saturated heterocycles. The molecular weight excluding hydrogens is 404 g/mol. The predicted molar refractivity (Wildman–Crippen MR) is 120 cm³/mol. The lowest BCUT2D eigenvalue weighted by molar-refractivity contribution is -0.122. The van der Waals surface area contributed by atoms with Crippen LogP contribution in [0.5, 0.6) is 0 Å². The van der Waals surface area contributed by atoms with Gasteiger partial charge in [-0.3, -0.25) is 20.4 Å². The van der Waals surface area contributed by atoms with E-state index in [2.05, 4.69) is 20.9 Å². The number of nitrogens with zero attached hydrogens (tertiary/aromatic N) is 4. The highest BCUT2D eigenvalue weighted by Gasteiger charge is 2.29. The number of aryl methyl sites for hydroxylation is 1. The molecule has 0 bridgehead atoms. The summed E-state index contributed by atoms with van der Waals surface area (Å²) in [5, 5.41) is 4.64. The molecule has 2 N–H and O–H groups in total. The van der Waals surface area contributed by atoms with Crippen LogP contribution < -0.4 is 10.9 Å². The van der Waals surface area contributed by atoms with Crippen LogP contribution in [0.2, 0.25) is 0 Å². The van der Waals surface area contributed by atoms with E-state index in [0.717, 1.165) is 41.1 Å². The molecule has 1 aliphatic carbocycles. The number of carbonyl (C=O) groups is 2. The average Bonchev–Trinajstić information content (AvgIpc) is 3.48. The van der Waals surface area contributed by atoms with Gasteiger partial charge in [-0.25, -0.2) is 9.67 Å². The molecule has 0 unspecified atom stereocenters. The van der Waals surface area contributed by atoms with E-state index in [9.17, 15) is 9.59 Å². The van der Waals surface area contributed by atoms with Gasteiger partial charge in [0.15, 0.2) is 0 Å². The summed E-state index contributed by atoms with van der Waals surface area (Å²) in [5.74, 6) is 0.490. The van der Waals surface area contributed by atoms with Crippen LogP contribution in [0.15, 0.2) is 60.7 Å². The van der Waals surface area contributed by atoms with Gasteiger partial charge in [0.2, 0.25) is 0 Å². The lowest BCUT2D eigenvalue weighted by Gasteiger charge is -2.11. The van der Waals surface area contributed by atoms with Crippen LogP contribution >= 0.6 is 0 Å². The fourth-order valence-electron chi connectivity index (χ4n) is 3.85.